The summed E-state index contributed by atoms with van der Waals surface area (Å²) in [7, 11) is 0. The summed E-state index contributed by atoms with van der Waals surface area (Å²) < 4.78 is 5.61. The van der Waals surface area contributed by atoms with Crippen molar-refractivity contribution in [1.82, 2.24) is 15.2 Å². The average Bonchev–Trinajstić information content (AvgIpc) is 2.77. The van der Waals surface area contributed by atoms with Gasteiger partial charge in [-0.3, -0.25) is 14.6 Å². The maximum absolute atomic E-state index is 12.4. The van der Waals surface area contributed by atoms with Gasteiger partial charge in [0.2, 0.25) is 5.91 Å². The molecule has 6 heteroatoms. The van der Waals surface area contributed by atoms with Crippen molar-refractivity contribution in [3.05, 3.63) is 59.9 Å². The molecule has 0 spiro atoms. The van der Waals surface area contributed by atoms with Crippen LogP contribution >= 0.6 is 0 Å². The van der Waals surface area contributed by atoms with Crippen LogP contribution in [-0.2, 0) is 22.6 Å². The Morgan fingerprint density at radius 2 is 1.89 bits per heavy atom. The standard InChI is InChI=1S/C22H27N3O3/c1-2-17-5-7-20(8-6-17)28-16-21(26)25-12-9-19(10-13-25)22(27)24-15-18-4-3-11-23-14-18/h3-8,11,14,19H,2,9-10,12-13,15-16H2,1H3,(H,24,27). The Bertz CT molecular complexity index is 769. The molecule has 6 nitrogen and oxygen atoms in total. The fourth-order valence-electron chi connectivity index (χ4n) is 3.29. The van der Waals surface area contributed by atoms with Gasteiger partial charge in [0.05, 0.1) is 0 Å². The summed E-state index contributed by atoms with van der Waals surface area (Å²) in [5.41, 5.74) is 2.22. The number of hydrogen-bond donors (Lipinski definition) is 1. The van der Waals surface area contributed by atoms with E-state index in [0.717, 1.165) is 12.0 Å². The van der Waals surface area contributed by atoms with Crippen LogP contribution in [0, 0.1) is 5.92 Å². The molecule has 1 aromatic heterocycles. The van der Waals surface area contributed by atoms with Crippen LogP contribution in [-0.4, -0.2) is 41.4 Å². The summed E-state index contributed by atoms with van der Waals surface area (Å²) in [6, 6.07) is 11.6. The minimum atomic E-state index is -0.0526. The van der Waals surface area contributed by atoms with E-state index >= 15 is 0 Å². The van der Waals surface area contributed by atoms with Gasteiger partial charge in [-0.05, 0) is 48.6 Å². The lowest BCUT2D eigenvalue weighted by atomic mass is 9.96. The lowest BCUT2D eigenvalue weighted by Gasteiger charge is -2.31. The largest absolute Gasteiger partial charge is 0.484 e. The number of nitrogens with one attached hydrogen (secondary N) is 1. The van der Waals surface area contributed by atoms with Gasteiger partial charge in [-0.1, -0.05) is 25.1 Å². The second-order valence-corrected chi connectivity index (χ2v) is 7.02. The van der Waals surface area contributed by atoms with Gasteiger partial charge < -0.3 is 15.0 Å². The van der Waals surface area contributed by atoms with Crippen molar-refractivity contribution in [3.8, 4) is 5.75 Å². The molecule has 2 amide bonds. The monoisotopic (exact) mass is 381 g/mol. The molecular weight excluding hydrogens is 354 g/mol. The predicted molar refractivity (Wildman–Crippen MR) is 107 cm³/mol. The van der Waals surface area contributed by atoms with Crippen LogP contribution in [0.1, 0.15) is 30.9 Å². The fraction of sp³-hybridized carbons (Fsp3) is 0.409. The molecule has 0 unspecified atom stereocenters. The van der Waals surface area contributed by atoms with E-state index in [4.69, 9.17) is 4.74 Å². The van der Waals surface area contributed by atoms with Crippen LogP contribution in [0.2, 0.25) is 0 Å². The molecule has 0 saturated carbocycles. The zero-order valence-corrected chi connectivity index (χ0v) is 16.3. The highest BCUT2D eigenvalue weighted by molar-refractivity contribution is 5.80. The molecule has 0 bridgehead atoms. The number of piperidine rings is 1. The average molecular weight is 381 g/mol. The molecule has 148 valence electrons. The van der Waals surface area contributed by atoms with Gasteiger partial charge in [0.1, 0.15) is 5.75 Å². The molecule has 0 aliphatic carbocycles. The maximum Gasteiger partial charge on any atom is 0.260 e. The molecule has 1 aliphatic heterocycles. The molecule has 1 aromatic carbocycles. The molecular formula is C22H27N3O3. The quantitative estimate of drug-likeness (QED) is 0.800. The molecule has 1 fully saturated rings. The zero-order chi connectivity index (χ0) is 19.8. The van der Waals surface area contributed by atoms with Crippen molar-refractivity contribution in [2.24, 2.45) is 5.92 Å². The number of aryl methyl sites for hydroxylation is 1. The molecule has 1 saturated heterocycles. The molecule has 2 heterocycles. The van der Waals surface area contributed by atoms with Crippen LogP contribution in [0.3, 0.4) is 0 Å². The molecule has 3 rings (SSSR count). The summed E-state index contributed by atoms with van der Waals surface area (Å²) in [5.74, 6) is 0.662. The summed E-state index contributed by atoms with van der Waals surface area (Å²) in [4.78, 5) is 30.6. The maximum atomic E-state index is 12.4. The minimum absolute atomic E-state index is 0.0311. The van der Waals surface area contributed by atoms with E-state index < -0.39 is 0 Å². The highest BCUT2D eigenvalue weighted by Crippen LogP contribution is 2.18. The summed E-state index contributed by atoms with van der Waals surface area (Å²) in [6.07, 6.45) is 5.79. The van der Waals surface area contributed by atoms with Crippen LogP contribution in [0.25, 0.3) is 0 Å². The number of hydrogen-bond acceptors (Lipinski definition) is 4. The van der Waals surface area contributed by atoms with Gasteiger partial charge in [0.15, 0.2) is 6.61 Å². The summed E-state index contributed by atoms with van der Waals surface area (Å²) in [6.45, 7) is 3.78. The number of rotatable bonds is 7. The van der Waals surface area contributed by atoms with E-state index in [-0.39, 0.29) is 24.3 Å². The van der Waals surface area contributed by atoms with E-state index in [0.29, 0.717) is 38.2 Å². The first-order chi connectivity index (χ1) is 13.7. The van der Waals surface area contributed by atoms with Gasteiger partial charge >= 0.3 is 0 Å². The van der Waals surface area contributed by atoms with Crippen LogP contribution in [0.15, 0.2) is 48.8 Å². The zero-order valence-electron chi connectivity index (χ0n) is 16.3. The summed E-state index contributed by atoms with van der Waals surface area (Å²) >= 11 is 0. The van der Waals surface area contributed by atoms with E-state index in [1.54, 1.807) is 17.3 Å². The normalized spacial score (nSPS) is 14.5. The van der Waals surface area contributed by atoms with Crippen LogP contribution in [0.5, 0.6) is 5.75 Å². The van der Waals surface area contributed by atoms with E-state index in [9.17, 15) is 9.59 Å². The van der Waals surface area contributed by atoms with Crippen LogP contribution < -0.4 is 10.1 Å². The minimum Gasteiger partial charge on any atom is -0.484 e. The molecule has 28 heavy (non-hydrogen) atoms. The van der Waals surface area contributed by atoms with Crippen molar-refractivity contribution in [2.75, 3.05) is 19.7 Å². The number of carbonyl (C=O) groups excluding carboxylic acids is 2. The first-order valence-corrected chi connectivity index (χ1v) is 9.82. The first-order valence-electron chi connectivity index (χ1n) is 9.82. The van der Waals surface area contributed by atoms with Gasteiger partial charge in [-0.15, -0.1) is 0 Å². The number of pyridine rings is 1. The van der Waals surface area contributed by atoms with E-state index in [1.165, 1.54) is 5.56 Å². The number of carbonyl (C=O) groups is 2. The van der Waals surface area contributed by atoms with E-state index in [2.05, 4.69) is 17.2 Å². The van der Waals surface area contributed by atoms with Crippen molar-refractivity contribution in [2.45, 2.75) is 32.7 Å². The molecule has 1 aliphatic rings. The van der Waals surface area contributed by atoms with Crippen molar-refractivity contribution >= 4 is 11.8 Å². The van der Waals surface area contributed by atoms with Crippen LogP contribution in [0.4, 0.5) is 0 Å². The predicted octanol–water partition coefficient (Wildman–Crippen LogP) is 2.58. The second kappa shape index (κ2) is 9.88. The Morgan fingerprint density at radius 1 is 1.14 bits per heavy atom. The Labute approximate surface area is 165 Å². The summed E-state index contributed by atoms with van der Waals surface area (Å²) in [5, 5.41) is 2.96. The number of amides is 2. The molecule has 0 radical (unpaired) electrons. The Balaban J connectivity index is 1.38. The lowest BCUT2D eigenvalue weighted by molar-refractivity contribution is -0.137. The van der Waals surface area contributed by atoms with Gasteiger partial charge in [0.25, 0.3) is 5.91 Å². The third-order valence-corrected chi connectivity index (χ3v) is 5.10. The fourth-order valence-corrected chi connectivity index (χ4v) is 3.29. The highest BCUT2D eigenvalue weighted by atomic mass is 16.5. The Kier molecular flexibility index (Phi) is 7.00. The third kappa shape index (κ3) is 5.55. The van der Waals surface area contributed by atoms with Crippen molar-refractivity contribution in [1.29, 1.82) is 0 Å². The molecule has 1 N–H and O–H groups in total. The lowest BCUT2D eigenvalue weighted by Crippen LogP contribution is -2.44. The van der Waals surface area contributed by atoms with Crippen molar-refractivity contribution < 1.29 is 14.3 Å². The molecule has 0 atom stereocenters. The number of aromatic nitrogens is 1. The topological polar surface area (TPSA) is 71.5 Å². The van der Waals surface area contributed by atoms with Gasteiger partial charge in [0, 0.05) is 37.9 Å². The Morgan fingerprint density at radius 3 is 2.54 bits per heavy atom. The first kappa shape index (κ1) is 19.9. The number of benzene rings is 1. The second-order valence-electron chi connectivity index (χ2n) is 7.02. The number of ether oxygens (including phenoxy) is 1. The van der Waals surface area contributed by atoms with E-state index in [1.807, 2.05) is 36.4 Å². The third-order valence-electron chi connectivity index (χ3n) is 5.10. The smallest absolute Gasteiger partial charge is 0.260 e. The Hall–Kier alpha value is -2.89. The van der Waals surface area contributed by atoms with Gasteiger partial charge in [-0.25, -0.2) is 0 Å². The highest BCUT2D eigenvalue weighted by Gasteiger charge is 2.27. The van der Waals surface area contributed by atoms with Gasteiger partial charge in [-0.2, -0.15) is 0 Å². The number of nitrogens with zero attached hydrogens (tertiary/aromatic N) is 2. The molecule has 2 aromatic rings. The SMILES string of the molecule is CCc1ccc(OCC(=O)N2CCC(C(=O)NCc3cccnc3)CC2)cc1. The number of likely N-dealkylation sites (tertiary alicyclic amines) is 1. The van der Waals surface area contributed by atoms with Crippen molar-refractivity contribution in [3.63, 3.8) is 0 Å².